The van der Waals surface area contributed by atoms with Gasteiger partial charge in [-0.3, -0.25) is 4.79 Å². The smallest absolute Gasteiger partial charge is 0.417 e. The van der Waals surface area contributed by atoms with Gasteiger partial charge < -0.3 is 9.94 Å². The van der Waals surface area contributed by atoms with E-state index in [1.807, 2.05) is 0 Å². The molecular weight excluding hydrogens is 311 g/mol. The number of alkyl halides is 3. The minimum atomic E-state index is -4.59. The van der Waals surface area contributed by atoms with Crippen molar-refractivity contribution < 1.29 is 27.9 Å². The second-order valence-electron chi connectivity index (χ2n) is 4.32. The number of allylic oxidation sites excluding steroid dienone is 1. The zero-order chi connectivity index (χ0) is 15.6. The van der Waals surface area contributed by atoms with Crippen LogP contribution in [0.2, 0.25) is 5.02 Å². The Morgan fingerprint density at radius 2 is 2.14 bits per heavy atom. The van der Waals surface area contributed by atoms with Crippen molar-refractivity contribution in [1.29, 1.82) is 0 Å². The van der Waals surface area contributed by atoms with Gasteiger partial charge in [0.05, 0.1) is 17.0 Å². The van der Waals surface area contributed by atoms with Crippen LogP contribution < -0.4 is 0 Å². The van der Waals surface area contributed by atoms with E-state index in [9.17, 15) is 18.0 Å². The summed E-state index contributed by atoms with van der Waals surface area (Å²) in [5, 5.41) is 11.9. The van der Waals surface area contributed by atoms with Crippen molar-refractivity contribution in [2.75, 3.05) is 6.61 Å². The Hall–Kier alpha value is -2.02. The Morgan fingerprint density at radius 1 is 1.43 bits per heavy atom. The lowest BCUT2D eigenvalue weighted by Gasteiger charge is -2.14. The fourth-order valence-corrected chi connectivity index (χ4v) is 2.00. The number of nitrogens with zero attached hydrogens (tertiary/aromatic N) is 1. The Balaban J connectivity index is 2.36. The van der Waals surface area contributed by atoms with Gasteiger partial charge in [-0.05, 0) is 23.8 Å². The van der Waals surface area contributed by atoms with E-state index >= 15 is 0 Å². The van der Waals surface area contributed by atoms with Crippen LogP contribution in [0.4, 0.5) is 13.2 Å². The number of hydrogen-bond acceptors (Lipinski definition) is 3. The third-order valence-electron chi connectivity index (χ3n) is 2.70. The first-order chi connectivity index (χ1) is 9.77. The Bertz CT molecular complexity index is 638. The van der Waals surface area contributed by atoms with Gasteiger partial charge in [-0.2, -0.15) is 13.2 Å². The van der Waals surface area contributed by atoms with Crippen LogP contribution in [-0.4, -0.2) is 23.4 Å². The number of carboxylic acid groups (broad SMARTS) is 1. The SMILES string of the molecule is O=C(O)CC1=CC(c2ccc(Cl)c(C(F)(F)F)c2)=NOC1. The Kier molecular flexibility index (Phi) is 4.22. The van der Waals surface area contributed by atoms with E-state index in [4.69, 9.17) is 21.5 Å². The molecule has 1 aromatic carbocycles. The van der Waals surface area contributed by atoms with E-state index in [-0.39, 0.29) is 24.3 Å². The van der Waals surface area contributed by atoms with Gasteiger partial charge in [0, 0.05) is 5.56 Å². The number of carboxylic acids is 1. The lowest BCUT2D eigenvalue weighted by atomic mass is 10.0. The van der Waals surface area contributed by atoms with Gasteiger partial charge in [0.2, 0.25) is 0 Å². The average Bonchev–Trinajstić information content (AvgIpc) is 2.37. The van der Waals surface area contributed by atoms with Crippen LogP contribution in [0.15, 0.2) is 35.0 Å². The topological polar surface area (TPSA) is 58.9 Å². The van der Waals surface area contributed by atoms with Crippen molar-refractivity contribution in [1.82, 2.24) is 0 Å². The zero-order valence-corrected chi connectivity index (χ0v) is 11.2. The van der Waals surface area contributed by atoms with Crippen LogP contribution >= 0.6 is 11.6 Å². The molecule has 0 unspecified atom stereocenters. The number of oxime groups is 1. The molecule has 1 aliphatic heterocycles. The first-order valence-electron chi connectivity index (χ1n) is 5.75. The van der Waals surface area contributed by atoms with Crippen LogP contribution in [0.3, 0.4) is 0 Å². The van der Waals surface area contributed by atoms with Crippen LogP contribution in [0, 0.1) is 0 Å². The van der Waals surface area contributed by atoms with E-state index < -0.39 is 22.7 Å². The van der Waals surface area contributed by atoms with Crippen LogP contribution in [0.5, 0.6) is 0 Å². The molecule has 8 heteroatoms. The summed E-state index contributed by atoms with van der Waals surface area (Å²) in [4.78, 5) is 15.5. The second-order valence-corrected chi connectivity index (χ2v) is 4.72. The highest BCUT2D eigenvalue weighted by Crippen LogP contribution is 2.35. The number of hydrogen-bond donors (Lipinski definition) is 1. The standard InChI is InChI=1S/C13H9ClF3NO3/c14-10-2-1-8(5-9(10)13(15,16)17)11-3-7(4-12(19)20)6-21-18-11/h1-3,5H,4,6H2,(H,19,20). The monoisotopic (exact) mass is 319 g/mol. The molecule has 112 valence electrons. The molecule has 0 spiro atoms. The molecule has 2 rings (SSSR count). The average molecular weight is 320 g/mol. The number of halogens is 4. The molecule has 0 saturated carbocycles. The molecule has 0 aliphatic carbocycles. The van der Waals surface area contributed by atoms with Gasteiger partial charge in [0.15, 0.2) is 0 Å². The summed E-state index contributed by atoms with van der Waals surface area (Å²) < 4.78 is 38.4. The molecule has 21 heavy (non-hydrogen) atoms. The van der Waals surface area contributed by atoms with Crippen LogP contribution in [-0.2, 0) is 15.8 Å². The summed E-state index contributed by atoms with van der Waals surface area (Å²) in [6.45, 7) is -0.00445. The number of carbonyl (C=O) groups is 1. The molecule has 0 amide bonds. The second kappa shape index (κ2) is 5.77. The maximum atomic E-state index is 12.8. The minimum absolute atomic E-state index is 0.00445. The Morgan fingerprint density at radius 3 is 2.76 bits per heavy atom. The van der Waals surface area contributed by atoms with Crippen molar-refractivity contribution in [3.05, 3.63) is 46.0 Å². The van der Waals surface area contributed by atoms with Crippen molar-refractivity contribution in [3.63, 3.8) is 0 Å². The molecule has 1 aromatic rings. The summed E-state index contributed by atoms with van der Waals surface area (Å²) in [5.41, 5.74) is -0.298. The van der Waals surface area contributed by atoms with Gasteiger partial charge in [0.25, 0.3) is 0 Å². The molecule has 4 nitrogen and oxygen atoms in total. The first-order valence-corrected chi connectivity index (χ1v) is 6.13. The number of benzene rings is 1. The quantitative estimate of drug-likeness (QED) is 0.927. The van der Waals surface area contributed by atoms with E-state index in [1.165, 1.54) is 12.1 Å². The fraction of sp³-hybridized carbons (Fsp3) is 0.231. The van der Waals surface area contributed by atoms with Gasteiger partial charge in [0.1, 0.15) is 12.3 Å². The normalized spacial score (nSPS) is 15.0. The maximum Gasteiger partial charge on any atom is 0.417 e. The molecule has 0 atom stereocenters. The highest BCUT2D eigenvalue weighted by atomic mass is 35.5. The molecule has 0 fully saturated rings. The van der Waals surface area contributed by atoms with E-state index in [1.54, 1.807) is 0 Å². The van der Waals surface area contributed by atoms with Gasteiger partial charge >= 0.3 is 12.1 Å². The molecule has 0 saturated heterocycles. The molecule has 0 bridgehead atoms. The summed E-state index contributed by atoms with van der Waals surface area (Å²) in [7, 11) is 0. The lowest BCUT2D eigenvalue weighted by Crippen LogP contribution is -2.13. The molecule has 1 aliphatic rings. The predicted octanol–water partition coefficient (Wildman–Crippen LogP) is 3.49. The lowest BCUT2D eigenvalue weighted by molar-refractivity contribution is -0.138. The molecular formula is C13H9ClF3NO3. The van der Waals surface area contributed by atoms with Crippen molar-refractivity contribution in [3.8, 4) is 0 Å². The summed E-state index contributed by atoms with van der Waals surface area (Å²) >= 11 is 5.53. The van der Waals surface area contributed by atoms with E-state index in [0.717, 1.165) is 12.1 Å². The van der Waals surface area contributed by atoms with Crippen molar-refractivity contribution >= 4 is 23.3 Å². The van der Waals surface area contributed by atoms with Crippen molar-refractivity contribution in [2.45, 2.75) is 12.6 Å². The van der Waals surface area contributed by atoms with Crippen LogP contribution in [0.1, 0.15) is 17.5 Å². The van der Waals surface area contributed by atoms with E-state index in [2.05, 4.69) is 5.16 Å². The highest BCUT2D eigenvalue weighted by Gasteiger charge is 2.33. The third kappa shape index (κ3) is 3.75. The fourth-order valence-electron chi connectivity index (χ4n) is 1.78. The Labute approximate surface area is 122 Å². The minimum Gasteiger partial charge on any atom is -0.481 e. The largest absolute Gasteiger partial charge is 0.481 e. The summed E-state index contributed by atoms with van der Waals surface area (Å²) in [5.74, 6) is -1.06. The van der Waals surface area contributed by atoms with Gasteiger partial charge in [-0.15, -0.1) is 0 Å². The maximum absolute atomic E-state index is 12.8. The first kappa shape index (κ1) is 15.4. The third-order valence-corrected chi connectivity index (χ3v) is 3.03. The van der Waals surface area contributed by atoms with Crippen LogP contribution in [0.25, 0.3) is 0 Å². The summed E-state index contributed by atoms with van der Waals surface area (Å²) in [6.07, 6.45) is -3.45. The van der Waals surface area contributed by atoms with Crippen molar-refractivity contribution in [2.24, 2.45) is 5.16 Å². The van der Waals surface area contributed by atoms with Gasteiger partial charge in [-0.25, -0.2) is 0 Å². The highest BCUT2D eigenvalue weighted by molar-refractivity contribution is 6.31. The zero-order valence-electron chi connectivity index (χ0n) is 10.4. The summed E-state index contributed by atoms with van der Waals surface area (Å²) in [6, 6.07) is 3.33. The van der Waals surface area contributed by atoms with Gasteiger partial charge in [-0.1, -0.05) is 22.8 Å². The molecule has 0 aromatic heterocycles. The molecule has 1 heterocycles. The predicted molar refractivity (Wildman–Crippen MR) is 69.3 cm³/mol. The molecule has 1 N–H and O–H groups in total. The number of rotatable bonds is 3. The number of aliphatic carboxylic acids is 1. The van der Waals surface area contributed by atoms with E-state index in [0.29, 0.717) is 5.57 Å². The molecule has 0 radical (unpaired) electrons.